The molecule has 0 unspecified atom stereocenters. The summed E-state index contributed by atoms with van der Waals surface area (Å²) in [6.45, 7) is 0. The van der Waals surface area contributed by atoms with E-state index in [0.717, 1.165) is 16.9 Å². The Morgan fingerprint density at radius 1 is 1.04 bits per heavy atom. The zero-order valence-corrected chi connectivity index (χ0v) is 13.0. The number of carboxylic acids is 1. The molecule has 0 fully saturated rings. The smallest absolute Gasteiger partial charge is 0.354 e. The first-order chi connectivity index (χ1) is 11.1. The summed E-state index contributed by atoms with van der Waals surface area (Å²) >= 11 is 0. The van der Waals surface area contributed by atoms with Crippen LogP contribution in [0, 0.1) is 0 Å². The monoisotopic (exact) mass is 307 g/mol. The molecular formula is C18H17N3O2. The molecule has 0 aliphatic heterocycles. The van der Waals surface area contributed by atoms with Crippen molar-refractivity contribution in [3.05, 3.63) is 66.4 Å². The summed E-state index contributed by atoms with van der Waals surface area (Å²) in [5.41, 5.74) is 3.46. The van der Waals surface area contributed by atoms with Crippen LogP contribution in [-0.2, 0) is 0 Å². The van der Waals surface area contributed by atoms with Gasteiger partial charge in [-0.1, -0.05) is 30.3 Å². The largest absolute Gasteiger partial charge is 0.477 e. The summed E-state index contributed by atoms with van der Waals surface area (Å²) in [6.07, 6.45) is 0. The number of hydrogen-bond acceptors (Lipinski definition) is 3. The lowest BCUT2D eigenvalue weighted by Gasteiger charge is -2.12. The number of anilines is 1. The van der Waals surface area contributed by atoms with E-state index in [-0.39, 0.29) is 5.69 Å². The van der Waals surface area contributed by atoms with Crippen molar-refractivity contribution in [1.82, 2.24) is 9.78 Å². The van der Waals surface area contributed by atoms with Gasteiger partial charge in [-0.05, 0) is 30.3 Å². The van der Waals surface area contributed by atoms with Gasteiger partial charge >= 0.3 is 5.97 Å². The number of nitrogens with zero attached hydrogens (tertiary/aromatic N) is 3. The summed E-state index contributed by atoms with van der Waals surface area (Å²) in [6, 6.07) is 18.7. The van der Waals surface area contributed by atoms with Crippen molar-refractivity contribution in [2.45, 2.75) is 0 Å². The van der Waals surface area contributed by atoms with E-state index in [1.165, 1.54) is 4.68 Å². The zero-order chi connectivity index (χ0) is 16.4. The fourth-order valence-corrected chi connectivity index (χ4v) is 2.37. The standard InChI is InChI=1S/C18H17N3O2/c1-20(2)14-10-8-13(9-11-14)16-12-17(18(22)23)21(19-16)15-6-4-3-5-7-15/h3-12H,1-2H3,(H,22,23). The number of carboxylic acid groups (broad SMARTS) is 1. The maximum atomic E-state index is 11.5. The Hall–Kier alpha value is -3.08. The van der Waals surface area contributed by atoms with E-state index in [4.69, 9.17) is 0 Å². The van der Waals surface area contributed by atoms with Gasteiger partial charge in [0.2, 0.25) is 0 Å². The van der Waals surface area contributed by atoms with Gasteiger partial charge in [-0.3, -0.25) is 0 Å². The maximum Gasteiger partial charge on any atom is 0.354 e. The van der Waals surface area contributed by atoms with Crippen LogP contribution >= 0.6 is 0 Å². The number of aromatic carboxylic acids is 1. The van der Waals surface area contributed by atoms with Gasteiger partial charge in [0.05, 0.1) is 11.4 Å². The topological polar surface area (TPSA) is 58.4 Å². The molecule has 5 heteroatoms. The van der Waals surface area contributed by atoms with Crippen LogP contribution in [-0.4, -0.2) is 35.0 Å². The molecule has 0 amide bonds. The molecule has 0 atom stereocenters. The van der Waals surface area contributed by atoms with Crippen LogP contribution in [0.15, 0.2) is 60.7 Å². The fraction of sp³-hybridized carbons (Fsp3) is 0.111. The second-order valence-electron chi connectivity index (χ2n) is 5.41. The Morgan fingerprint density at radius 3 is 2.26 bits per heavy atom. The van der Waals surface area contributed by atoms with Crippen LogP contribution in [0.1, 0.15) is 10.5 Å². The first-order valence-electron chi connectivity index (χ1n) is 7.23. The van der Waals surface area contributed by atoms with E-state index in [2.05, 4.69) is 5.10 Å². The molecule has 1 heterocycles. The van der Waals surface area contributed by atoms with Crippen LogP contribution in [0.5, 0.6) is 0 Å². The third-order valence-corrected chi connectivity index (χ3v) is 3.61. The average Bonchev–Trinajstić information content (AvgIpc) is 3.01. The SMILES string of the molecule is CN(C)c1ccc(-c2cc(C(=O)O)n(-c3ccccc3)n2)cc1. The lowest BCUT2D eigenvalue weighted by Crippen LogP contribution is -2.08. The van der Waals surface area contributed by atoms with Gasteiger partial charge in [0, 0.05) is 25.3 Å². The van der Waals surface area contributed by atoms with E-state index in [1.54, 1.807) is 6.07 Å². The number of para-hydroxylation sites is 1. The van der Waals surface area contributed by atoms with Gasteiger partial charge in [-0.15, -0.1) is 0 Å². The van der Waals surface area contributed by atoms with Crippen LogP contribution in [0.4, 0.5) is 5.69 Å². The Bertz CT molecular complexity index is 821. The summed E-state index contributed by atoms with van der Waals surface area (Å²) in [7, 11) is 3.95. The maximum absolute atomic E-state index is 11.5. The highest BCUT2D eigenvalue weighted by Gasteiger charge is 2.16. The molecule has 1 N–H and O–H groups in total. The highest BCUT2D eigenvalue weighted by molar-refractivity contribution is 5.88. The van der Waals surface area contributed by atoms with Crippen molar-refractivity contribution < 1.29 is 9.90 Å². The molecule has 0 aliphatic rings. The zero-order valence-electron chi connectivity index (χ0n) is 13.0. The van der Waals surface area contributed by atoms with Crippen molar-refractivity contribution in [3.8, 4) is 16.9 Å². The Morgan fingerprint density at radius 2 is 1.70 bits per heavy atom. The summed E-state index contributed by atoms with van der Waals surface area (Å²) in [5.74, 6) is -1.00. The van der Waals surface area contributed by atoms with Gasteiger partial charge in [0.25, 0.3) is 0 Å². The van der Waals surface area contributed by atoms with Gasteiger partial charge in [-0.2, -0.15) is 5.10 Å². The normalized spacial score (nSPS) is 10.5. The molecule has 0 saturated heterocycles. The minimum atomic E-state index is -1.00. The quantitative estimate of drug-likeness (QED) is 0.803. The molecule has 3 aromatic rings. The first-order valence-corrected chi connectivity index (χ1v) is 7.23. The van der Waals surface area contributed by atoms with Crippen LogP contribution in [0.3, 0.4) is 0 Å². The highest BCUT2D eigenvalue weighted by atomic mass is 16.4. The van der Waals surface area contributed by atoms with E-state index < -0.39 is 5.97 Å². The molecule has 0 radical (unpaired) electrons. The molecule has 3 rings (SSSR count). The lowest BCUT2D eigenvalue weighted by molar-refractivity contribution is 0.0687. The molecule has 5 nitrogen and oxygen atoms in total. The minimum absolute atomic E-state index is 0.142. The van der Waals surface area contributed by atoms with Crippen LogP contribution in [0.2, 0.25) is 0 Å². The second-order valence-corrected chi connectivity index (χ2v) is 5.41. The van der Waals surface area contributed by atoms with E-state index in [9.17, 15) is 9.90 Å². The highest BCUT2D eigenvalue weighted by Crippen LogP contribution is 2.24. The van der Waals surface area contributed by atoms with Crippen molar-refractivity contribution in [1.29, 1.82) is 0 Å². The van der Waals surface area contributed by atoms with Gasteiger partial charge in [0.15, 0.2) is 5.69 Å². The van der Waals surface area contributed by atoms with Crippen LogP contribution < -0.4 is 4.90 Å². The first kappa shape index (κ1) is 14.8. The van der Waals surface area contributed by atoms with Crippen LogP contribution in [0.25, 0.3) is 16.9 Å². The van der Waals surface area contributed by atoms with E-state index in [0.29, 0.717) is 5.69 Å². The molecule has 116 valence electrons. The van der Waals surface area contributed by atoms with E-state index >= 15 is 0 Å². The number of hydrogen-bond donors (Lipinski definition) is 1. The lowest BCUT2D eigenvalue weighted by atomic mass is 10.1. The second kappa shape index (κ2) is 5.96. The molecule has 0 spiro atoms. The number of rotatable bonds is 4. The summed E-state index contributed by atoms with van der Waals surface area (Å²) < 4.78 is 1.46. The molecule has 0 aliphatic carbocycles. The Labute approximate surface area is 134 Å². The van der Waals surface area contributed by atoms with Crippen molar-refractivity contribution >= 4 is 11.7 Å². The molecule has 23 heavy (non-hydrogen) atoms. The predicted octanol–water partition coefficient (Wildman–Crippen LogP) is 3.30. The summed E-state index contributed by atoms with van der Waals surface area (Å²) in [5, 5.41) is 13.9. The minimum Gasteiger partial charge on any atom is -0.477 e. The molecule has 1 aromatic heterocycles. The van der Waals surface area contributed by atoms with E-state index in [1.807, 2.05) is 73.6 Å². The third-order valence-electron chi connectivity index (χ3n) is 3.61. The summed E-state index contributed by atoms with van der Waals surface area (Å²) in [4.78, 5) is 13.5. The van der Waals surface area contributed by atoms with Gasteiger partial charge in [0.1, 0.15) is 0 Å². The fourth-order valence-electron chi connectivity index (χ4n) is 2.37. The van der Waals surface area contributed by atoms with Crippen molar-refractivity contribution in [2.75, 3.05) is 19.0 Å². The molecular weight excluding hydrogens is 290 g/mol. The average molecular weight is 307 g/mol. The van der Waals surface area contributed by atoms with Crippen molar-refractivity contribution in [3.63, 3.8) is 0 Å². The molecule has 2 aromatic carbocycles. The Kier molecular flexibility index (Phi) is 3.85. The number of benzene rings is 2. The van der Waals surface area contributed by atoms with Gasteiger partial charge < -0.3 is 10.0 Å². The molecule has 0 bridgehead atoms. The van der Waals surface area contributed by atoms with Crippen molar-refractivity contribution in [2.24, 2.45) is 0 Å². The predicted molar refractivity (Wildman–Crippen MR) is 90.3 cm³/mol. The third kappa shape index (κ3) is 2.94. The Balaban J connectivity index is 2.06. The number of aromatic nitrogens is 2. The number of carbonyl (C=O) groups is 1. The van der Waals surface area contributed by atoms with Gasteiger partial charge in [-0.25, -0.2) is 9.48 Å². The molecule has 0 saturated carbocycles.